The summed E-state index contributed by atoms with van der Waals surface area (Å²) in [7, 11) is 1.49. The smallest absolute Gasteiger partial charge is 0.272 e. The third-order valence-corrected chi connectivity index (χ3v) is 3.77. The molecule has 0 unspecified atom stereocenters. The lowest BCUT2D eigenvalue weighted by Gasteiger charge is -1.96. The molecule has 128 valence electrons. The van der Waals surface area contributed by atoms with E-state index < -0.39 is 11.9 Å². The summed E-state index contributed by atoms with van der Waals surface area (Å²) >= 11 is 5.85. The first-order chi connectivity index (χ1) is 12.0. The summed E-state index contributed by atoms with van der Waals surface area (Å²) in [6.45, 7) is 1.65. The Morgan fingerprint density at radius 1 is 1.40 bits per heavy atom. The van der Waals surface area contributed by atoms with Gasteiger partial charge < -0.3 is 0 Å². The first-order valence-electron chi connectivity index (χ1n) is 7.29. The molecule has 3 rings (SSSR count). The topological polar surface area (TPSA) is 88.0 Å². The number of aromatic amines is 1. The minimum Gasteiger partial charge on any atom is -0.272 e. The molecule has 7 nitrogen and oxygen atoms in total. The van der Waals surface area contributed by atoms with Crippen molar-refractivity contribution in [3.8, 4) is 11.3 Å². The van der Waals surface area contributed by atoms with Crippen LogP contribution in [-0.4, -0.2) is 32.1 Å². The summed E-state index contributed by atoms with van der Waals surface area (Å²) in [6, 6.07) is 8.66. The standard InChI is InChI=1S/C16H14ClFN6O/c1-9-12(15(18)24(2)23-9)8-19-22-16(25)14-7-13(20-21-14)10-3-5-11(17)6-4-10/h3-8H,1-2H3,(H,20,21)(H,22,25). The molecule has 0 spiro atoms. The van der Waals surface area contributed by atoms with E-state index >= 15 is 0 Å². The number of halogens is 2. The summed E-state index contributed by atoms with van der Waals surface area (Å²) < 4.78 is 14.9. The van der Waals surface area contributed by atoms with E-state index in [1.807, 2.05) is 0 Å². The summed E-state index contributed by atoms with van der Waals surface area (Å²) in [6.07, 6.45) is 1.21. The molecule has 3 aromatic rings. The van der Waals surface area contributed by atoms with Gasteiger partial charge in [-0.3, -0.25) is 9.89 Å². The Labute approximate surface area is 147 Å². The third kappa shape index (κ3) is 3.58. The van der Waals surface area contributed by atoms with E-state index in [2.05, 4.69) is 25.8 Å². The fraction of sp³-hybridized carbons (Fsp3) is 0.125. The number of rotatable bonds is 4. The van der Waals surface area contributed by atoms with Crippen LogP contribution in [0.3, 0.4) is 0 Å². The largest absolute Gasteiger partial charge is 0.289 e. The van der Waals surface area contributed by atoms with Gasteiger partial charge >= 0.3 is 0 Å². The molecule has 9 heteroatoms. The zero-order valence-corrected chi connectivity index (χ0v) is 14.2. The first kappa shape index (κ1) is 16.8. The molecule has 0 bridgehead atoms. The Hall–Kier alpha value is -3.00. The normalized spacial score (nSPS) is 11.2. The number of hydrogen-bond donors (Lipinski definition) is 2. The molecule has 0 aliphatic carbocycles. The van der Waals surface area contributed by atoms with Gasteiger partial charge in [0.1, 0.15) is 5.69 Å². The monoisotopic (exact) mass is 360 g/mol. The number of carbonyl (C=O) groups is 1. The van der Waals surface area contributed by atoms with Gasteiger partial charge in [-0.05, 0) is 25.1 Å². The lowest BCUT2D eigenvalue weighted by molar-refractivity contribution is 0.0950. The molecular formula is C16H14ClFN6O. The van der Waals surface area contributed by atoms with Gasteiger partial charge in [0.15, 0.2) is 0 Å². The molecule has 2 N–H and O–H groups in total. The number of hydrogen-bond acceptors (Lipinski definition) is 4. The van der Waals surface area contributed by atoms with Gasteiger partial charge in [0, 0.05) is 17.6 Å². The lowest BCUT2D eigenvalue weighted by Crippen LogP contribution is -2.18. The number of H-pyrrole nitrogens is 1. The molecule has 0 radical (unpaired) electrons. The Morgan fingerprint density at radius 3 is 2.76 bits per heavy atom. The molecule has 0 fully saturated rings. The van der Waals surface area contributed by atoms with Gasteiger partial charge in [0.05, 0.1) is 23.2 Å². The predicted octanol–water partition coefficient (Wildman–Crippen LogP) is 2.68. The number of amides is 1. The minimum absolute atomic E-state index is 0.217. The van der Waals surface area contributed by atoms with Crippen LogP contribution in [0.5, 0.6) is 0 Å². The molecule has 2 aromatic heterocycles. The van der Waals surface area contributed by atoms with Crippen molar-refractivity contribution in [1.29, 1.82) is 0 Å². The third-order valence-electron chi connectivity index (χ3n) is 3.52. The molecule has 0 saturated carbocycles. The van der Waals surface area contributed by atoms with E-state index in [4.69, 9.17) is 11.6 Å². The molecule has 0 saturated heterocycles. The van der Waals surface area contributed by atoms with Crippen LogP contribution in [0, 0.1) is 12.9 Å². The van der Waals surface area contributed by atoms with Crippen LogP contribution in [0.1, 0.15) is 21.7 Å². The SMILES string of the molecule is Cc1nn(C)c(F)c1C=NNC(=O)c1cc(-c2ccc(Cl)cc2)n[nH]1. The van der Waals surface area contributed by atoms with Crippen LogP contribution in [0.4, 0.5) is 4.39 Å². The van der Waals surface area contributed by atoms with Gasteiger partial charge in [-0.2, -0.15) is 19.7 Å². The van der Waals surface area contributed by atoms with E-state index in [0.717, 1.165) is 10.2 Å². The molecule has 0 aliphatic rings. The number of carbonyl (C=O) groups excluding carboxylic acids is 1. The predicted molar refractivity (Wildman–Crippen MR) is 92.0 cm³/mol. The van der Waals surface area contributed by atoms with Crippen molar-refractivity contribution >= 4 is 23.7 Å². The lowest BCUT2D eigenvalue weighted by atomic mass is 10.1. The number of aromatic nitrogens is 4. The van der Waals surface area contributed by atoms with Crippen LogP contribution in [-0.2, 0) is 7.05 Å². The maximum absolute atomic E-state index is 13.8. The van der Waals surface area contributed by atoms with Crippen molar-refractivity contribution in [2.45, 2.75) is 6.92 Å². The van der Waals surface area contributed by atoms with E-state index in [0.29, 0.717) is 16.4 Å². The highest BCUT2D eigenvalue weighted by molar-refractivity contribution is 6.30. The summed E-state index contributed by atoms with van der Waals surface area (Å²) in [5.74, 6) is -1.02. The second-order valence-corrected chi connectivity index (χ2v) is 5.72. The Bertz CT molecular complexity index is 944. The maximum Gasteiger partial charge on any atom is 0.289 e. The molecule has 1 amide bonds. The Kier molecular flexibility index (Phi) is 4.62. The number of nitrogens with zero attached hydrogens (tertiary/aromatic N) is 4. The fourth-order valence-electron chi connectivity index (χ4n) is 2.22. The quantitative estimate of drug-likeness (QED) is 0.554. The zero-order valence-electron chi connectivity index (χ0n) is 13.4. The van der Waals surface area contributed by atoms with E-state index in [1.54, 1.807) is 37.3 Å². The van der Waals surface area contributed by atoms with Gasteiger partial charge in [0.2, 0.25) is 5.95 Å². The average Bonchev–Trinajstić information content (AvgIpc) is 3.16. The molecule has 0 atom stereocenters. The summed E-state index contributed by atoms with van der Waals surface area (Å²) in [5, 5.41) is 15.0. The highest BCUT2D eigenvalue weighted by Crippen LogP contribution is 2.20. The van der Waals surface area contributed by atoms with Crippen molar-refractivity contribution in [1.82, 2.24) is 25.4 Å². The highest BCUT2D eigenvalue weighted by Gasteiger charge is 2.12. The van der Waals surface area contributed by atoms with Crippen molar-refractivity contribution in [3.63, 3.8) is 0 Å². The molecule has 2 heterocycles. The number of nitrogens with one attached hydrogen (secondary N) is 2. The van der Waals surface area contributed by atoms with Crippen LogP contribution >= 0.6 is 11.6 Å². The minimum atomic E-state index is -0.526. The number of benzene rings is 1. The molecular weight excluding hydrogens is 347 g/mol. The van der Waals surface area contributed by atoms with Crippen LogP contribution < -0.4 is 5.43 Å². The van der Waals surface area contributed by atoms with Gasteiger partial charge in [0.25, 0.3) is 5.91 Å². The zero-order chi connectivity index (χ0) is 18.0. The molecule has 25 heavy (non-hydrogen) atoms. The van der Waals surface area contributed by atoms with Crippen molar-refractivity contribution in [2.24, 2.45) is 12.1 Å². The van der Waals surface area contributed by atoms with Crippen LogP contribution in [0.15, 0.2) is 35.4 Å². The fourth-order valence-corrected chi connectivity index (χ4v) is 2.34. The summed E-state index contributed by atoms with van der Waals surface area (Å²) in [4.78, 5) is 12.1. The van der Waals surface area contributed by atoms with Gasteiger partial charge in [-0.1, -0.05) is 23.7 Å². The van der Waals surface area contributed by atoms with E-state index in [9.17, 15) is 9.18 Å². The summed E-state index contributed by atoms with van der Waals surface area (Å²) in [5.41, 5.74) is 4.65. The van der Waals surface area contributed by atoms with Crippen LogP contribution in [0.2, 0.25) is 5.02 Å². The van der Waals surface area contributed by atoms with Gasteiger partial charge in [-0.25, -0.2) is 10.1 Å². The molecule has 0 aliphatic heterocycles. The van der Waals surface area contributed by atoms with Gasteiger partial charge in [-0.15, -0.1) is 0 Å². The second-order valence-electron chi connectivity index (χ2n) is 5.29. The number of hydrazone groups is 1. The number of aryl methyl sites for hydroxylation is 2. The van der Waals surface area contributed by atoms with Crippen molar-refractivity contribution in [2.75, 3.05) is 0 Å². The highest BCUT2D eigenvalue weighted by atomic mass is 35.5. The van der Waals surface area contributed by atoms with Crippen molar-refractivity contribution in [3.05, 3.63) is 58.3 Å². The molecule has 1 aromatic carbocycles. The van der Waals surface area contributed by atoms with E-state index in [-0.39, 0.29) is 11.3 Å². The Balaban J connectivity index is 1.70. The Morgan fingerprint density at radius 2 is 2.12 bits per heavy atom. The maximum atomic E-state index is 13.8. The first-order valence-corrected chi connectivity index (χ1v) is 7.67. The van der Waals surface area contributed by atoms with E-state index in [1.165, 1.54) is 13.3 Å². The second kappa shape index (κ2) is 6.86. The van der Waals surface area contributed by atoms with Crippen LogP contribution in [0.25, 0.3) is 11.3 Å². The average molecular weight is 361 g/mol. The van der Waals surface area contributed by atoms with Crippen molar-refractivity contribution < 1.29 is 9.18 Å².